The van der Waals surface area contributed by atoms with Crippen molar-refractivity contribution < 1.29 is 9.53 Å². The maximum atomic E-state index is 12.8. The average Bonchev–Trinajstić information content (AvgIpc) is 3.00. The summed E-state index contributed by atoms with van der Waals surface area (Å²) in [6, 6.07) is 10.0. The van der Waals surface area contributed by atoms with E-state index in [1.165, 1.54) is 0 Å². The van der Waals surface area contributed by atoms with Crippen LogP contribution in [-0.2, 0) is 9.53 Å². The first-order valence-corrected chi connectivity index (χ1v) is 7.36. The molecule has 2 rings (SSSR count). The molecule has 0 aliphatic carbocycles. The van der Waals surface area contributed by atoms with Gasteiger partial charge in [-0.25, -0.2) is 0 Å². The first-order chi connectivity index (χ1) is 9.77. The van der Waals surface area contributed by atoms with Crippen LogP contribution < -0.4 is 5.32 Å². The fraction of sp³-hybridized carbons (Fsp3) is 0.562. The van der Waals surface area contributed by atoms with Gasteiger partial charge in [0.1, 0.15) is 0 Å². The van der Waals surface area contributed by atoms with Crippen molar-refractivity contribution in [1.29, 1.82) is 0 Å². The van der Waals surface area contributed by atoms with Gasteiger partial charge in [0.2, 0.25) is 0 Å². The zero-order valence-corrected chi connectivity index (χ0v) is 13.6. The van der Waals surface area contributed by atoms with Crippen molar-refractivity contribution >= 4 is 18.3 Å². The number of ether oxygens (including phenoxy) is 1. The summed E-state index contributed by atoms with van der Waals surface area (Å²) < 4.78 is 5.47. The van der Waals surface area contributed by atoms with E-state index in [1.54, 1.807) is 7.11 Å². The Labute approximate surface area is 133 Å². The Balaban J connectivity index is 0.00000220. The molecule has 118 valence electrons. The molecule has 1 aliphatic heterocycles. The maximum Gasteiger partial charge on any atom is 0.256 e. The molecule has 2 unspecified atom stereocenters. The Hall–Kier alpha value is -1.10. The van der Waals surface area contributed by atoms with E-state index in [0.717, 1.165) is 38.0 Å². The topological polar surface area (TPSA) is 41.6 Å². The lowest BCUT2D eigenvalue weighted by molar-refractivity contribution is -0.144. The van der Waals surface area contributed by atoms with Gasteiger partial charge in [0.15, 0.2) is 6.10 Å². The van der Waals surface area contributed by atoms with Gasteiger partial charge in [0, 0.05) is 26.2 Å². The summed E-state index contributed by atoms with van der Waals surface area (Å²) >= 11 is 0. The first-order valence-electron chi connectivity index (χ1n) is 7.36. The fourth-order valence-corrected chi connectivity index (χ4v) is 2.78. The van der Waals surface area contributed by atoms with E-state index in [4.69, 9.17) is 4.74 Å². The fourth-order valence-electron chi connectivity index (χ4n) is 2.78. The van der Waals surface area contributed by atoms with Crippen LogP contribution >= 0.6 is 12.4 Å². The first kappa shape index (κ1) is 18.0. The second kappa shape index (κ2) is 9.03. The molecule has 1 aliphatic rings. The average molecular weight is 313 g/mol. The smallest absolute Gasteiger partial charge is 0.256 e. The molecule has 1 amide bonds. The number of carbonyl (C=O) groups excluding carboxylic acids is 1. The normalized spacial score (nSPS) is 18.9. The van der Waals surface area contributed by atoms with Gasteiger partial charge in [-0.1, -0.05) is 37.3 Å². The SMILES string of the molecule is CCCN(C(=O)C(OC)c1ccccc1)C1CCNC1.Cl. The minimum atomic E-state index is -0.497. The molecule has 0 bridgehead atoms. The minimum Gasteiger partial charge on any atom is -0.367 e. The summed E-state index contributed by atoms with van der Waals surface area (Å²) in [6.07, 6.45) is 1.49. The third kappa shape index (κ3) is 4.43. The quantitative estimate of drug-likeness (QED) is 0.877. The molecule has 0 spiro atoms. The molecule has 0 aromatic heterocycles. The van der Waals surface area contributed by atoms with Crippen molar-refractivity contribution in [3.8, 4) is 0 Å². The molecule has 1 fully saturated rings. The largest absolute Gasteiger partial charge is 0.367 e. The Kier molecular flexibility index (Phi) is 7.72. The monoisotopic (exact) mass is 312 g/mol. The molecule has 5 heteroatoms. The lowest BCUT2D eigenvalue weighted by Crippen LogP contribution is -2.44. The molecule has 1 N–H and O–H groups in total. The number of rotatable bonds is 6. The Morgan fingerprint density at radius 3 is 2.67 bits per heavy atom. The highest BCUT2D eigenvalue weighted by Crippen LogP contribution is 2.22. The lowest BCUT2D eigenvalue weighted by atomic mass is 10.1. The van der Waals surface area contributed by atoms with E-state index < -0.39 is 6.10 Å². The summed E-state index contributed by atoms with van der Waals surface area (Å²) in [5.74, 6) is 0.0780. The van der Waals surface area contributed by atoms with Crippen molar-refractivity contribution in [3.63, 3.8) is 0 Å². The molecule has 1 heterocycles. The summed E-state index contributed by atoms with van der Waals surface area (Å²) in [6.45, 7) is 4.77. The third-order valence-corrected chi connectivity index (χ3v) is 3.78. The van der Waals surface area contributed by atoms with Gasteiger partial charge in [-0.15, -0.1) is 12.4 Å². The molecular weight excluding hydrogens is 288 g/mol. The number of methoxy groups -OCH3 is 1. The van der Waals surface area contributed by atoms with Crippen molar-refractivity contribution in [2.24, 2.45) is 0 Å². The van der Waals surface area contributed by atoms with E-state index in [1.807, 2.05) is 35.2 Å². The van der Waals surface area contributed by atoms with E-state index in [0.29, 0.717) is 6.04 Å². The van der Waals surface area contributed by atoms with Gasteiger partial charge in [-0.3, -0.25) is 4.79 Å². The van der Waals surface area contributed by atoms with Crippen LogP contribution in [0.1, 0.15) is 31.4 Å². The van der Waals surface area contributed by atoms with Crippen molar-refractivity contribution in [1.82, 2.24) is 10.2 Å². The number of carbonyl (C=O) groups is 1. The molecule has 21 heavy (non-hydrogen) atoms. The van der Waals surface area contributed by atoms with Gasteiger partial charge in [0.05, 0.1) is 0 Å². The van der Waals surface area contributed by atoms with Gasteiger partial charge in [0.25, 0.3) is 5.91 Å². The molecular formula is C16H25ClN2O2. The Bertz CT molecular complexity index is 422. The maximum absolute atomic E-state index is 12.8. The molecule has 0 saturated carbocycles. The number of hydrogen-bond acceptors (Lipinski definition) is 3. The van der Waals surface area contributed by atoms with Crippen LogP contribution in [0.4, 0.5) is 0 Å². The second-order valence-electron chi connectivity index (χ2n) is 5.20. The van der Waals surface area contributed by atoms with E-state index in [-0.39, 0.29) is 18.3 Å². The zero-order chi connectivity index (χ0) is 14.4. The number of nitrogens with one attached hydrogen (secondary N) is 1. The number of halogens is 1. The molecule has 0 radical (unpaired) electrons. The van der Waals surface area contributed by atoms with Gasteiger partial charge in [-0.05, 0) is 24.9 Å². The number of benzene rings is 1. The molecule has 1 aromatic rings. The van der Waals surface area contributed by atoms with Crippen molar-refractivity contribution in [2.75, 3.05) is 26.7 Å². The summed E-state index contributed by atoms with van der Waals surface area (Å²) in [5, 5.41) is 3.33. The van der Waals surface area contributed by atoms with Crippen LogP contribution in [0.25, 0.3) is 0 Å². The van der Waals surface area contributed by atoms with E-state index in [2.05, 4.69) is 12.2 Å². The van der Waals surface area contributed by atoms with Crippen molar-refractivity contribution in [3.05, 3.63) is 35.9 Å². The number of nitrogens with zero attached hydrogens (tertiary/aromatic N) is 1. The number of amides is 1. The zero-order valence-electron chi connectivity index (χ0n) is 12.7. The van der Waals surface area contributed by atoms with E-state index >= 15 is 0 Å². The van der Waals surface area contributed by atoms with Crippen LogP contribution in [0.15, 0.2) is 30.3 Å². The highest BCUT2D eigenvalue weighted by atomic mass is 35.5. The standard InChI is InChI=1S/C16H24N2O2.ClH/c1-3-11-18(14-9-10-17-12-14)16(19)15(20-2)13-7-5-4-6-8-13;/h4-8,14-15,17H,3,9-12H2,1-2H3;1H. The number of hydrogen-bond donors (Lipinski definition) is 1. The molecule has 2 atom stereocenters. The predicted octanol–water partition coefficient (Wildman–Crippen LogP) is 2.40. The molecule has 1 saturated heterocycles. The second-order valence-corrected chi connectivity index (χ2v) is 5.20. The highest BCUT2D eigenvalue weighted by molar-refractivity contribution is 5.85. The summed E-state index contributed by atoms with van der Waals surface area (Å²) in [4.78, 5) is 14.8. The predicted molar refractivity (Wildman–Crippen MR) is 86.7 cm³/mol. The summed E-state index contributed by atoms with van der Waals surface area (Å²) in [5.41, 5.74) is 0.923. The van der Waals surface area contributed by atoms with Gasteiger partial charge >= 0.3 is 0 Å². The van der Waals surface area contributed by atoms with Gasteiger partial charge in [-0.2, -0.15) is 0 Å². The third-order valence-electron chi connectivity index (χ3n) is 3.78. The highest BCUT2D eigenvalue weighted by Gasteiger charge is 2.31. The summed E-state index contributed by atoms with van der Waals surface area (Å²) in [7, 11) is 1.60. The van der Waals surface area contributed by atoms with Gasteiger partial charge < -0.3 is 15.0 Å². The Morgan fingerprint density at radius 1 is 1.43 bits per heavy atom. The van der Waals surface area contributed by atoms with Crippen LogP contribution in [0.2, 0.25) is 0 Å². The van der Waals surface area contributed by atoms with Crippen molar-refractivity contribution in [2.45, 2.75) is 31.9 Å². The lowest BCUT2D eigenvalue weighted by Gasteiger charge is -2.31. The van der Waals surface area contributed by atoms with Crippen LogP contribution in [-0.4, -0.2) is 43.6 Å². The van der Waals surface area contributed by atoms with Crippen LogP contribution in [0, 0.1) is 0 Å². The molecule has 1 aromatic carbocycles. The van der Waals surface area contributed by atoms with E-state index in [9.17, 15) is 4.79 Å². The Morgan fingerprint density at radius 2 is 2.14 bits per heavy atom. The minimum absolute atomic E-state index is 0. The molecule has 4 nitrogen and oxygen atoms in total. The van der Waals surface area contributed by atoms with Crippen LogP contribution in [0.3, 0.4) is 0 Å². The van der Waals surface area contributed by atoms with Crippen LogP contribution in [0.5, 0.6) is 0 Å².